The second-order valence-electron chi connectivity index (χ2n) is 5.31. The van der Waals surface area contributed by atoms with Gasteiger partial charge in [-0.3, -0.25) is 4.99 Å². The third-order valence-electron chi connectivity index (χ3n) is 3.35. The lowest BCUT2D eigenvalue weighted by Crippen LogP contribution is -2.41. The summed E-state index contributed by atoms with van der Waals surface area (Å²) >= 11 is 5.77. The number of nitrogens with zero attached hydrogens (tertiary/aromatic N) is 2. The molecule has 5 heteroatoms. The van der Waals surface area contributed by atoms with Crippen molar-refractivity contribution in [2.75, 3.05) is 7.05 Å². The Morgan fingerprint density at radius 3 is 2.76 bits per heavy atom. The van der Waals surface area contributed by atoms with Crippen LogP contribution in [0.4, 0.5) is 0 Å². The average Bonchev–Trinajstić information content (AvgIpc) is 2.49. The van der Waals surface area contributed by atoms with Crippen LogP contribution < -0.4 is 10.6 Å². The SMILES string of the molecule is CCCCCCC(C)NC(=NC)NCc1ccc(Cl)nc1. The van der Waals surface area contributed by atoms with Gasteiger partial charge < -0.3 is 10.6 Å². The van der Waals surface area contributed by atoms with Crippen molar-refractivity contribution in [3.63, 3.8) is 0 Å². The molecular formula is C16H27ClN4. The van der Waals surface area contributed by atoms with Crippen LogP contribution in [0.3, 0.4) is 0 Å². The zero-order valence-electron chi connectivity index (χ0n) is 13.3. The zero-order valence-corrected chi connectivity index (χ0v) is 14.1. The summed E-state index contributed by atoms with van der Waals surface area (Å²) < 4.78 is 0. The molecule has 1 rings (SSSR count). The van der Waals surface area contributed by atoms with Crippen LogP contribution in [0, 0.1) is 0 Å². The minimum Gasteiger partial charge on any atom is -0.354 e. The molecule has 118 valence electrons. The van der Waals surface area contributed by atoms with Gasteiger partial charge in [0.2, 0.25) is 0 Å². The third kappa shape index (κ3) is 7.90. The summed E-state index contributed by atoms with van der Waals surface area (Å²) in [6.45, 7) is 5.12. The number of guanidine groups is 1. The van der Waals surface area contributed by atoms with Gasteiger partial charge in [0.05, 0.1) is 0 Å². The van der Waals surface area contributed by atoms with E-state index < -0.39 is 0 Å². The molecule has 1 unspecified atom stereocenters. The highest BCUT2D eigenvalue weighted by Crippen LogP contribution is 2.06. The van der Waals surface area contributed by atoms with Crippen molar-refractivity contribution in [3.8, 4) is 0 Å². The molecule has 0 aliphatic heterocycles. The molecule has 21 heavy (non-hydrogen) atoms. The molecule has 0 fully saturated rings. The van der Waals surface area contributed by atoms with Crippen LogP contribution in [-0.2, 0) is 6.54 Å². The first kappa shape index (κ1) is 17.8. The van der Waals surface area contributed by atoms with Crippen molar-refractivity contribution in [2.24, 2.45) is 4.99 Å². The molecule has 0 bridgehead atoms. The van der Waals surface area contributed by atoms with E-state index in [1.54, 1.807) is 19.3 Å². The van der Waals surface area contributed by atoms with Gasteiger partial charge in [-0.1, -0.05) is 50.3 Å². The van der Waals surface area contributed by atoms with E-state index in [-0.39, 0.29) is 0 Å². The number of unbranched alkanes of at least 4 members (excludes halogenated alkanes) is 3. The normalized spacial score (nSPS) is 13.0. The number of aliphatic imine (C=N–C) groups is 1. The Balaban J connectivity index is 2.29. The van der Waals surface area contributed by atoms with E-state index in [9.17, 15) is 0 Å². The van der Waals surface area contributed by atoms with Crippen LogP contribution in [0.2, 0.25) is 5.15 Å². The fourth-order valence-corrected chi connectivity index (χ4v) is 2.19. The lowest BCUT2D eigenvalue weighted by Gasteiger charge is -2.18. The maximum absolute atomic E-state index is 5.77. The van der Waals surface area contributed by atoms with Gasteiger partial charge in [0.25, 0.3) is 0 Å². The maximum atomic E-state index is 5.77. The Bertz CT molecular complexity index is 417. The van der Waals surface area contributed by atoms with E-state index in [1.165, 1.54) is 32.1 Å². The number of rotatable bonds is 8. The summed E-state index contributed by atoms with van der Waals surface area (Å²) in [6.07, 6.45) is 8.12. The topological polar surface area (TPSA) is 49.3 Å². The summed E-state index contributed by atoms with van der Waals surface area (Å²) in [6, 6.07) is 4.19. The van der Waals surface area contributed by atoms with Gasteiger partial charge >= 0.3 is 0 Å². The standard InChI is InChI=1S/C16H27ClN4/c1-4-5-6-7-8-13(2)21-16(18-3)20-12-14-9-10-15(17)19-11-14/h9-11,13H,4-8,12H2,1-3H3,(H2,18,20,21). The van der Waals surface area contributed by atoms with Gasteiger partial charge in [0.1, 0.15) is 5.15 Å². The first-order valence-corrected chi connectivity index (χ1v) is 8.11. The van der Waals surface area contributed by atoms with E-state index >= 15 is 0 Å². The highest BCUT2D eigenvalue weighted by atomic mass is 35.5. The summed E-state index contributed by atoms with van der Waals surface area (Å²) in [5.41, 5.74) is 1.08. The molecule has 1 aromatic rings. The van der Waals surface area contributed by atoms with Crippen molar-refractivity contribution < 1.29 is 0 Å². The van der Waals surface area contributed by atoms with Crippen LogP contribution in [0.15, 0.2) is 23.3 Å². The van der Waals surface area contributed by atoms with Crippen molar-refractivity contribution in [1.82, 2.24) is 15.6 Å². The largest absolute Gasteiger partial charge is 0.354 e. The molecule has 0 radical (unpaired) electrons. The van der Waals surface area contributed by atoms with E-state index in [1.807, 2.05) is 6.07 Å². The third-order valence-corrected chi connectivity index (χ3v) is 3.57. The smallest absolute Gasteiger partial charge is 0.191 e. The van der Waals surface area contributed by atoms with Crippen LogP contribution >= 0.6 is 11.6 Å². The number of hydrogen-bond donors (Lipinski definition) is 2. The second-order valence-corrected chi connectivity index (χ2v) is 5.70. The summed E-state index contributed by atoms with van der Waals surface area (Å²) in [7, 11) is 1.79. The lowest BCUT2D eigenvalue weighted by atomic mass is 10.1. The molecular weight excluding hydrogens is 284 g/mol. The van der Waals surface area contributed by atoms with Crippen LogP contribution in [-0.4, -0.2) is 24.0 Å². The molecule has 2 N–H and O–H groups in total. The van der Waals surface area contributed by atoms with E-state index in [4.69, 9.17) is 11.6 Å². The number of hydrogen-bond acceptors (Lipinski definition) is 2. The Morgan fingerprint density at radius 1 is 1.33 bits per heavy atom. The fourth-order valence-electron chi connectivity index (χ4n) is 2.07. The molecule has 1 atom stereocenters. The number of nitrogens with one attached hydrogen (secondary N) is 2. The minimum atomic E-state index is 0.427. The molecule has 0 saturated heterocycles. The van der Waals surface area contributed by atoms with Gasteiger partial charge in [0, 0.05) is 25.8 Å². The quantitative estimate of drug-likeness (QED) is 0.333. The number of halogens is 1. The van der Waals surface area contributed by atoms with Gasteiger partial charge in [-0.2, -0.15) is 0 Å². The highest BCUT2D eigenvalue weighted by Gasteiger charge is 2.05. The van der Waals surface area contributed by atoms with Crippen molar-refractivity contribution in [1.29, 1.82) is 0 Å². The van der Waals surface area contributed by atoms with Gasteiger partial charge in [-0.25, -0.2) is 4.98 Å². The van der Waals surface area contributed by atoms with Gasteiger partial charge in [-0.15, -0.1) is 0 Å². The van der Waals surface area contributed by atoms with E-state index in [0.29, 0.717) is 17.7 Å². The summed E-state index contributed by atoms with van der Waals surface area (Å²) in [5.74, 6) is 0.827. The monoisotopic (exact) mass is 310 g/mol. The minimum absolute atomic E-state index is 0.427. The molecule has 0 aromatic carbocycles. The molecule has 0 aliphatic rings. The van der Waals surface area contributed by atoms with Crippen molar-refractivity contribution >= 4 is 17.6 Å². The molecule has 0 amide bonds. The van der Waals surface area contributed by atoms with Gasteiger partial charge in [-0.05, 0) is 25.0 Å². The fraction of sp³-hybridized carbons (Fsp3) is 0.625. The molecule has 0 aliphatic carbocycles. The predicted octanol–water partition coefficient (Wildman–Crippen LogP) is 3.76. The van der Waals surface area contributed by atoms with E-state index in [2.05, 4.69) is 34.5 Å². The zero-order chi connectivity index (χ0) is 15.5. The van der Waals surface area contributed by atoms with Crippen molar-refractivity contribution in [2.45, 2.75) is 58.5 Å². The summed E-state index contributed by atoms with van der Waals surface area (Å²) in [5, 5.41) is 7.23. The molecule has 1 aromatic heterocycles. The number of aromatic nitrogens is 1. The maximum Gasteiger partial charge on any atom is 0.191 e. The molecule has 0 spiro atoms. The lowest BCUT2D eigenvalue weighted by molar-refractivity contribution is 0.537. The molecule has 0 saturated carbocycles. The Morgan fingerprint density at radius 2 is 2.14 bits per heavy atom. The van der Waals surface area contributed by atoms with Gasteiger partial charge in [0.15, 0.2) is 5.96 Å². The Kier molecular flexibility index (Phi) is 8.83. The highest BCUT2D eigenvalue weighted by molar-refractivity contribution is 6.29. The second kappa shape index (κ2) is 10.4. The Labute approximate surface area is 133 Å². The van der Waals surface area contributed by atoms with Crippen LogP contribution in [0.25, 0.3) is 0 Å². The summed E-state index contributed by atoms with van der Waals surface area (Å²) in [4.78, 5) is 8.32. The van der Waals surface area contributed by atoms with Crippen molar-refractivity contribution in [3.05, 3.63) is 29.0 Å². The number of pyridine rings is 1. The van der Waals surface area contributed by atoms with Crippen LogP contribution in [0.5, 0.6) is 0 Å². The predicted molar refractivity (Wildman–Crippen MR) is 90.8 cm³/mol. The van der Waals surface area contributed by atoms with Crippen LogP contribution in [0.1, 0.15) is 51.5 Å². The molecule has 1 heterocycles. The Hall–Kier alpha value is -1.29. The molecule has 4 nitrogen and oxygen atoms in total. The average molecular weight is 311 g/mol. The van der Waals surface area contributed by atoms with E-state index in [0.717, 1.165) is 11.5 Å². The first-order valence-electron chi connectivity index (χ1n) is 7.73. The first-order chi connectivity index (χ1) is 10.2.